The Kier molecular flexibility index (Phi) is 7.63. The van der Waals surface area contributed by atoms with Crippen LogP contribution in [-0.4, -0.2) is 38.3 Å². The molecular formula is C25H26N2O5S. The summed E-state index contributed by atoms with van der Waals surface area (Å²) in [5.74, 6) is -1.18. The molecule has 0 unspecified atom stereocenters. The number of ether oxygens (including phenoxy) is 1. The van der Waals surface area contributed by atoms with Gasteiger partial charge in [-0.2, -0.15) is 4.31 Å². The number of amides is 1. The maximum atomic E-state index is 13.4. The molecule has 3 aromatic rings. The number of sulfonamides is 1. The van der Waals surface area contributed by atoms with Crippen LogP contribution in [0.4, 0.5) is 5.69 Å². The maximum absolute atomic E-state index is 13.4. The second kappa shape index (κ2) is 10.4. The number of nitrogens with zero attached hydrogens (tertiary/aromatic N) is 1. The van der Waals surface area contributed by atoms with Crippen LogP contribution in [0.5, 0.6) is 0 Å². The number of methoxy groups -OCH3 is 1. The van der Waals surface area contributed by atoms with Gasteiger partial charge in [-0.25, -0.2) is 13.2 Å². The molecular weight excluding hydrogens is 440 g/mol. The lowest BCUT2D eigenvalue weighted by atomic mass is 10.1. The van der Waals surface area contributed by atoms with Gasteiger partial charge in [0.25, 0.3) is 0 Å². The number of rotatable bonds is 8. The first-order valence-corrected chi connectivity index (χ1v) is 11.7. The molecule has 8 heteroatoms. The van der Waals surface area contributed by atoms with Crippen molar-refractivity contribution in [1.82, 2.24) is 4.31 Å². The van der Waals surface area contributed by atoms with Gasteiger partial charge in [0.05, 0.1) is 29.8 Å². The number of carbonyl (C=O) groups is 2. The molecule has 0 saturated heterocycles. The van der Waals surface area contributed by atoms with Gasteiger partial charge in [0.2, 0.25) is 15.9 Å². The Morgan fingerprint density at radius 2 is 1.45 bits per heavy atom. The number of aryl methyl sites for hydroxylation is 2. The van der Waals surface area contributed by atoms with Gasteiger partial charge in [0.1, 0.15) is 0 Å². The molecule has 0 aliphatic carbocycles. The predicted octanol–water partition coefficient (Wildman–Crippen LogP) is 3.92. The van der Waals surface area contributed by atoms with Gasteiger partial charge in [-0.3, -0.25) is 4.79 Å². The van der Waals surface area contributed by atoms with Crippen molar-refractivity contribution in [1.29, 1.82) is 0 Å². The first-order valence-electron chi connectivity index (χ1n) is 10.3. The zero-order valence-electron chi connectivity index (χ0n) is 18.7. The van der Waals surface area contributed by atoms with E-state index in [1.165, 1.54) is 25.3 Å². The number of para-hydroxylation sites is 1. The lowest BCUT2D eigenvalue weighted by Gasteiger charge is -2.22. The van der Waals surface area contributed by atoms with Crippen LogP contribution < -0.4 is 5.32 Å². The molecule has 0 radical (unpaired) electrons. The van der Waals surface area contributed by atoms with Crippen molar-refractivity contribution in [3.05, 3.63) is 95.1 Å². The fraction of sp³-hybridized carbons (Fsp3) is 0.200. The Morgan fingerprint density at radius 1 is 0.879 bits per heavy atom. The highest BCUT2D eigenvalue weighted by atomic mass is 32.2. The molecule has 0 atom stereocenters. The zero-order valence-corrected chi connectivity index (χ0v) is 19.6. The summed E-state index contributed by atoms with van der Waals surface area (Å²) in [5, 5.41) is 2.64. The average molecular weight is 467 g/mol. The van der Waals surface area contributed by atoms with E-state index in [4.69, 9.17) is 4.74 Å². The van der Waals surface area contributed by atoms with E-state index in [1.54, 1.807) is 30.3 Å². The predicted molar refractivity (Wildman–Crippen MR) is 126 cm³/mol. The third kappa shape index (κ3) is 6.06. The van der Waals surface area contributed by atoms with E-state index >= 15 is 0 Å². The van der Waals surface area contributed by atoms with Gasteiger partial charge >= 0.3 is 5.97 Å². The summed E-state index contributed by atoms with van der Waals surface area (Å²) >= 11 is 0. The van der Waals surface area contributed by atoms with Crippen molar-refractivity contribution < 1.29 is 22.7 Å². The molecule has 0 aromatic heterocycles. The molecule has 172 valence electrons. The minimum atomic E-state index is -3.96. The molecule has 0 saturated carbocycles. The largest absolute Gasteiger partial charge is 0.465 e. The molecule has 7 nitrogen and oxygen atoms in total. The lowest BCUT2D eigenvalue weighted by molar-refractivity contribution is -0.116. The standard InChI is InChI=1S/C25H26N2O5S/c1-18-8-12-20(13-9-18)16-27(33(30,31)21-14-10-19(2)11-15-21)17-24(28)26-23-7-5-4-6-22(23)25(29)32-3/h4-15H,16-17H2,1-3H3,(H,26,28). The number of hydrogen-bond donors (Lipinski definition) is 1. The molecule has 3 aromatic carbocycles. The number of hydrogen-bond acceptors (Lipinski definition) is 5. The first-order chi connectivity index (χ1) is 15.7. The maximum Gasteiger partial charge on any atom is 0.339 e. The minimum absolute atomic E-state index is 0.0164. The third-order valence-electron chi connectivity index (χ3n) is 5.06. The lowest BCUT2D eigenvalue weighted by Crippen LogP contribution is -2.37. The topological polar surface area (TPSA) is 92.8 Å². The second-order valence-corrected chi connectivity index (χ2v) is 9.60. The van der Waals surface area contributed by atoms with E-state index in [-0.39, 0.29) is 22.7 Å². The summed E-state index contributed by atoms with van der Waals surface area (Å²) < 4.78 is 32.7. The molecule has 0 aliphatic heterocycles. The van der Waals surface area contributed by atoms with Gasteiger partial charge in [0, 0.05) is 6.54 Å². The Morgan fingerprint density at radius 3 is 2.06 bits per heavy atom. The van der Waals surface area contributed by atoms with E-state index in [1.807, 2.05) is 38.1 Å². The highest BCUT2D eigenvalue weighted by Gasteiger charge is 2.27. The van der Waals surface area contributed by atoms with Crippen LogP contribution in [0.1, 0.15) is 27.0 Å². The van der Waals surface area contributed by atoms with E-state index < -0.39 is 28.4 Å². The Balaban J connectivity index is 1.89. The first kappa shape index (κ1) is 24.2. The van der Waals surface area contributed by atoms with Crippen LogP contribution in [0.15, 0.2) is 77.7 Å². The van der Waals surface area contributed by atoms with Gasteiger partial charge in [-0.05, 0) is 43.7 Å². The summed E-state index contributed by atoms with van der Waals surface area (Å²) in [4.78, 5) is 25.0. The van der Waals surface area contributed by atoms with Crippen molar-refractivity contribution in [2.75, 3.05) is 19.0 Å². The normalized spacial score (nSPS) is 11.3. The number of esters is 1. The monoisotopic (exact) mass is 466 g/mol. The van der Waals surface area contributed by atoms with Crippen LogP contribution >= 0.6 is 0 Å². The summed E-state index contributed by atoms with van der Waals surface area (Å²) in [6.07, 6.45) is 0. The number of benzene rings is 3. The van der Waals surface area contributed by atoms with Crippen LogP contribution in [0, 0.1) is 13.8 Å². The van der Waals surface area contributed by atoms with Gasteiger partial charge in [0.15, 0.2) is 0 Å². The van der Waals surface area contributed by atoms with Crippen molar-refractivity contribution in [3.8, 4) is 0 Å². The molecule has 1 amide bonds. The van der Waals surface area contributed by atoms with Crippen molar-refractivity contribution in [3.63, 3.8) is 0 Å². The molecule has 0 fully saturated rings. The van der Waals surface area contributed by atoms with Crippen molar-refractivity contribution in [2.24, 2.45) is 0 Å². The number of nitrogens with one attached hydrogen (secondary N) is 1. The SMILES string of the molecule is COC(=O)c1ccccc1NC(=O)CN(Cc1ccc(C)cc1)S(=O)(=O)c1ccc(C)cc1. The quantitative estimate of drug-likeness (QED) is 0.508. The van der Waals surface area contributed by atoms with Crippen LogP contribution in [0.3, 0.4) is 0 Å². The molecule has 0 spiro atoms. The van der Waals surface area contributed by atoms with Gasteiger partial charge in [-0.15, -0.1) is 0 Å². The average Bonchev–Trinajstić information content (AvgIpc) is 2.80. The number of carbonyl (C=O) groups excluding carboxylic acids is 2. The van der Waals surface area contributed by atoms with E-state index in [2.05, 4.69) is 5.32 Å². The van der Waals surface area contributed by atoms with Crippen LogP contribution in [-0.2, 0) is 26.1 Å². The summed E-state index contributed by atoms with van der Waals surface area (Å²) in [6, 6.07) is 20.3. The third-order valence-corrected chi connectivity index (χ3v) is 6.87. The molecule has 0 heterocycles. The Labute approximate surface area is 194 Å². The minimum Gasteiger partial charge on any atom is -0.465 e. The Bertz CT molecular complexity index is 1240. The van der Waals surface area contributed by atoms with Gasteiger partial charge in [-0.1, -0.05) is 59.7 Å². The fourth-order valence-corrected chi connectivity index (χ4v) is 4.60. The van der Waals surface area contributed by atoms with Crippen molar-refractivity contribution >= 4 is 27.6 Å². The van der Waals surface area contributed by atoms with E-state index in [9.17, 15) is 18.0 Å². The summed E-state index contributed by atoms with van der Waals surface area (Å²) in [5.41, 5.74) is 3.15. The Hall–Kier alpha value is -3.49. The highest BCUT2D eigenvalue weighted by Crippen LogP contribution is 2.21. The fourth-order valence-electron chi connectivity index (χ4n) is 3.21. The molecule has 33 heavy (non-hydrogen) atoms. The summed E-state index contributed by atoms with van der Waals surface area (Å²) in [6.45, 7) is 3.39. The smallest absolute Gasteiger partial charge is 0.339 e. The van der Waals surface area contributed by atoms with Crippen LogP contribution in [0.25, 0.3) is 0 Å². The van der Waals surface area contributed by atoms with Crippen LogP contribution in [0.2, 0.25) is 0 Å². The molecule has 0 aliphatic rings. The molecule has 1 N–H and O–H groups in total. The highest BCUT2D eigenvalue weighted by molar-refractivity contribution is 7.89. The molecule has 0 bridgehead atoms. The number of anilines is 1. The van der Waals surface area contributed by atoms with Crippen molar-refractivity contribution in [2.45, 2.75) is 25.3 Å². The van der Waals surface area contributed by atoms with E-state index in [0.29, 0.717) is 0 Å². The van der Waals surface area contributed by atoms with Gasteiger partial charge < -0.3 is 10.1 Å². The molecule has 3 rings (SSSR count). The summed E-state index contributed by atoms with van der Waals surface area (Å²) in [7, 11) is -2.72. The second-order valence-electron chi connectivity index (χ2n) is 7.66. The zero-order chi connectivity index (χ0) is 24.0. The van der Waals surface area contributed by atoms with E-state index in [0.717, 1.165) is 21.0 Å².